The number of halogens is 6. The van der Waals surface area contributed by atoms with Crippen LogP contribution in [0.25, 0.3) is 0 Å². The lowest BCUT2D eigenvalue weighted by Crippen LogP contribution is -2.56. The van der Waals surface area contributed by atoms with E-state index in [0.29, 0.717) is 64.4 Å². The van der Waals surface area contributed by atoms with Gasteiger partial charge in [0.05, 0.1) is 37.6 Å². The van der Waals surface area contributed by atoms with Crippen molar-refractivity contribution in [1.29, 1.82) is 0 Å². The Morgan fingerprint density at radius 1 is 0.895 bits per heavy atom. The lowest BCUT2D eigenvalue weighted by atomic mass is 9.73. The minimum absolute atomic E-state index is 0.0971. The number of carbonyl (C=O) groups is 1. The molecule has 2 aliphatic rings. The van der Waals surface area contributed by atoms with Gasteiger partial charge in [0.25, 0.3) is 0 Å². The van der Waals surface area contributed by atoms with Gasteiger partial charge in [-0.05, 0) is 42.2 Å². The Labute approximate surface area is 216 Å². The molecule has 1 N–H and O–H groups in total. The number of amides is 2. The number of urea groups is 1. The van der Waals surface area contributed by atoms with Crippen LogP contribution in [0.5, 0.6) is 0 Å². The maximum atomic E-state index is 13.2. The van der Waals surface area contributed by atoms with E-state index < -0.39 is 35.5 Å². The van der Waals surface area contributed by atoms with E-state index in [1.165, 1.54) is 0 Å². The predicted molar refractivity (Wildman–Crippen MR) is 126 cm³/mol. The van der Waals surface area contributed by atoms with E-state index in [1.807, 2.05) is 35.3 Å². The summed E-state index contributed by atoms with van der Waals surface area (Å²) in [4.78, 5) is 14.2. The van der Waals surface area contributed by atoms with Crippen molar-refractivity contribution in [3.05, 3.63) is 70.8 Å². The van der Waals surface area contributed by atoms with Crippen molar-refractivity contribution in [2.24, 2.45) is 0 Å². The highest BCUT2D eigenvalue weighted by atomic mass is 19.4. The molecule has 2 heterocycles. The zero-order valence-electron chi connectivity index (χ0n) is 20.6. The first-order chi connectivity index (χ1) is 18.0. The third-order valence-corrected chi connectivity index (χ3v) is 6.95. The highest BCUT2D eigenvalue weighted by Crippen LogP contribution is 2.38. The van der Waals surface area contributed by atoms with Crippen molar-refractivity contribution in [2.75, 3.05) is 46.0 Å². The van der Waals surface area contributed by atoms with Crippen molar-refractivity contribution in [3.8, 4) is 0 Å². The minimum Gasteiger partial charge on any atom is -0.378 e. The summed E-state index contributed by atoms with van der Waals surface area (Å²) in [7, 11) is 0. The second kappa shape index (κ2) is 11.5. The number of nitrogens with one attached hydrogen (secondary N) is 1. The number of ether oxygens (including phenoxy) is 2. The Balaban J connectivity index is 1.44. The lowest BCUT2D eigenvalue weighted by molar-refractivity contribution is -0.143. The molecule has 0 aliphatic carbocycles. The topological polar surface area (TPSA) is 54.0 Å². The van der Waals surface area contributed by atoms with Crippen molar-refractivity contribution in [2.45, 2.75) is 37.2 Å². The number of hydrogen-bond acceptors (Lipinski definition) is 4. The van der Waals surface area contributed by atoms with Crippen LogP contribution < -0.4 is 5.43 Å². The largest absolute Gasteiger partial charge is 0.416 e. The molecule has 0 unspecified atom stereocenters. The van der Waals surface area contributed by atoms with Gasteiger partial charge in [0.15, 0.2) is 0 Å². The van der Waals surface area contributed by atoms with Gasteiger partial charge in [-0.2, -0.15) is 26.3 Å². The Kier molecular flexibility index (Phi) is 8.53. The number of alkyl halides is 6. The third-order valence-electron chi connectivity index (χ3n) is 6.95. The molecule has 38 heavy (non-hydrogen) atoms. The van der Waals surface area contributed by atoms with E-state index in [2.05, 4.69) is 5.43 Å². The van der Waals surface area contributed by atoms with Crippen LogP contribution in [0.1, 0.15) is 35.1 Å². The fourth-order valence-corrected chi connectivity index (χ4v) is 4.79. The molecule has 0 atom stereocenters. The Morgan fingerprint density at radius 3 is 2.03 bits per heavy atom. The smallest absolute Gasteiger partial charge is 0.378 e. The number of morpholine rings is 1. The SMILES string of the molecule is O=C(NN1CCC(COCc2cc(C(F)(F)F)cc(C(F)(F)F)c2)(c2ccccc2)CC1)N1CCOCC1. The number of benzene rings is 2. The normalized spacial score (nSPS) is 18.8. The van der Waals surface area contributed by atoms with Gasteiger partial charge in [0.2, 0.25) is 0 Å². The summed E-state index contributed by atoms with van der Waals surface area (Å²) in [6.07, 6.45) is -8.70. The molecule has 4 rings (SSSR count). The van der Waals surface area contributed by atoms with Crippen LogP contribution in [0.3, 0.4) is 0 Å². The van der Waals surface area contributed by atoms with Gasteiger partial charge in [0, 0.05) is 31.6 Å². The molecular weight excluding hydrogens is 516 g/mol. The molecule has 208 valence electrons. The van der Waals surface area contributed by atoms with Crippen LogP contribution in [0.2, 0.25) is 0 Å². The summed E-state index contributed by atoms with van der Waals surface area (Å²) in [5, 5.41) is 1.82. The second-order valence-corrected chi connectivity index (χ2v) is 9.56. The second-order valence-electron chi connectivity index (χ2n) is 9.56. The average molecular weight is 546 g/mol. The van der Waals surface area contributed by atoms with Crippen molar-refractivity contribution in [1.82, 2.24) is 15.3 Å². The first-order valence-corrected chi connectivity index (χ1v) is 12.3. The van der Waals surface area contributed by atoms with Crippen LogP contribution in [0.4, 0.5) is 31.1 Å². The van der Waals surface area contributed by atoms with Crippen molar-refractivity contribution in [3.63, 3.8) is 0 Å². The molecule has 2 aliphatic heterocycles. The summed E-state index contributed by atoms with van der Waals surface area (Å²) in [6.45, 7) is 2.67. The van der Waals surface area contributed by atoms with Gasteiger partial charge in [-0.15, -0.1) is 0 Å². The van der Waals surface area contributed by atoms with Crippen LogP contribution in [0, 0.1) is 0 Å². The number of carbonyl (C=O) groups excluding carboxylic acids is 1. The van der Waals surface area contributed by atoms with E-state index in [4.69, 9.17) is 9.47 Å². The average Bonchev–Trinajstić information content (AvgIpc) is 2.89. The molecule has 0 spiro atoms. The Hall–Kier alpha value is -2.83. The van der Waals surface area contributed by atoms with E-state index in [-0.39, 0.29) is 24.3 Å². The standard InChI is InChI=1S/C26H29F6N3O3/c27-25(28,29)21-14-19(15-22(16-21)26(30,31)32)17-38-18-24(20-4-2-1-3-5-20)6-8-35(9-7-24)33-23(36)34-10-12-37-13-11-34/h1-5,14-16H,6-13,17-18H2,(H,33,36). The van der Waals surface area contributed by atoms with Gasteiger partial charge >= 0.3 is 18.4 Å². The van der Waals surface area contributed by atoms with Crippen LogP contribution in [0.15, 0.2) is 48.5 Å². The molecule has 2 saturated heterocycles. The highest BCUT2D eigenvalue weighted by Gasteiger charge is 2.39. The Bertz CT molecular complexity index is 1050. The van der Waals surface area contributed by atoms with Crippen LogP contribution in [-0.2, 0) is 33.8 Å². The molecule has 2 aromatic carbocycles. The molecule has 0 radical (unpaired) electrons. The van der Waals surface area contributed by atoms with E-state index in [0.717, 1.165) is 5.56 Å². The molecule has 6 nitrogen and oxygen atoms in total. The van der Waals surface area contributed by atoms with Crippen LogP contribution >= 0.6 is 0 Å². The zero-order valence-corrected chi connectivity index (χ0v) is 20.6. The van der Waals surface area contributed by atoms with Gasteiger partial charge in [-0.25, -0.2) is 9.80 Å². The van der Waals surface area contributed by atoms with Crippen LogP contribution in [-0.4, -0.2) is 61.9 Å². The first-order valence-electron chi connectivity index (χ1n) is 12.3. The molecule has 2 amide bonds. The van der Waals surface area contributed by atoms with E-state index >= 15 is 0 Å². The molecule has 2 aromatic rings. The van der Waals surface area contributed by atoms with Gasteiger partial charge in [-0.3, -0.25) is 5.43 Å². The quantitative estimate of drug-likeness (QED) is 0.506. The van der Waals surface area contributed by atoms with Crippen molar-refractivity contribution < 1.29 is 40.6 Å². The number of rotatable bonds is 6. The minimum atomic E-state index is -4.92. The predicted octanol–water partition coefficient (Wildman–Crippen LogP) is 5.23. The molecule has 0 aromatic heterocycles. The summed E-state index contributed by atoms with van der Waals surface area (Å²) in [6, 6.07) is 10.7. The van der Waals surface area contributed by atoms with E-state index in [9.17, 15) is 31.1 Å². The first kappa shape index (κ1) is 28.2. The summed E-state index contributed by atoms with van der Waals surface area (Å²) >= 11 is 0. The maximum absolute atomic E-state index is 13.2. The number of hydrazine groups is 1. The molecular formula is C26H29F6N3O3. The molecule has 0 saturated carbocycles. The number of hydrogen-bond donors (Lipinski definition) is 1. The fraction of sp³-hybridized carbons (Fsp3) is 0.500. The molecule has 2 fully saturated rings. The lowest BCUT2D eigenvalue weighted by Gasteiger charge is -2.42. The summed E-state index contributed by atoms with van der Waals surface area (Å²) in [5.41, 5.74) is 0.413. The monoisotopic (exact) mass is 545 g/mol. The highest BCUT2D eigenvalue weighted by molar-refractivity contribution is 5.73. The molecule has 12 heteroatoms. The Morgan fingerprint density at radius 2 is 1.47 bits per heavy atom. The van der Waals surface area contributed by atoms with Gasteiger partial charge in [0.1, 0.15) is 0 Å². The summed E-state index contributed by atoms with van der Waals surface area (Å²) in [5.74, 6) is 0. The fourth-order valence-electron chi connectivity index (χ4n) is 4.79. The van der Waals surface area contributed by atoms with Gasteiger partial charge < -0.3 is 14.4 Å². The van der Waals surface area contributed by atoms with Gasteiger partial charge in [-0.1, -0.05) is 30.3 Å². The zero-order chi connectivity index (χ0) is 27.4. The summed E-state index contributed by atoms with van der Waals surface area (Å²) < 4.78 is 90.4. The third kappa shape index (κ3) is 6.97. The van der Waals surface area contributed by atoms with Crippen molar-refractivity contribution >= 4 is 6.03 Å². The number of nitrogens with zero attached hydrogens (tertiary/aromatic N) is 2. The molecule has 0 bridgehead atoms. The van der Waals surface area contributed by atoms with E-state index in [1.54, 1.807) is 4.90 Å². The number of piperidine rings is 1. The maximum Gasteiger partial charge on any atom is 0.416 e.